The van der Waals surface area contributed by atoms with Crippen LogP contribution in [-0.2, 0) is 52.5 Å². The number of amides is 4. The normalized spacial score (nSPS) is 14.3. The molecule has 1 saturated heterocycles. The number of hydrogen-bond acceptors (Lipinski definition) is 13. The van der Waals surface area contributed by atoms with Gasteiger partial charge in [-0.2, -0.15) is 0 Å². The molecule has 19 nitrogen and oxygen atoms in total. The summed E-state index contributed by atoms with van der Waals surface area (Å²) in [6.07, 6.45) is 15.6. The van der Waals surface area contributed by atoms with E-state index in [4.69, 9.17) is 34.6 Å². The number of rotatable bonds is 43. The third-order valence-electron chi connectivity index (χ3n) is 9.47. The van der Waals surface area contributed by atoms with Crippen LogP contribution in [0.2, 0.25) is 0 Å². The largest absolute Gasteiger partial charge is 0.481 e. The summed E-state index contributed by atoms with van der Waals surface area (Å²) in [4.78, 5) is 70.4. The number of carbonyl (C=O) groups excluding carboxylic acids is 4. The number of nitrogens with two attached hydrogens (primary N) is 1. The number of carbonyl (C=O) groups is 6. The zero-order chi connectivity index (χ0) is 43.2. The first-order valence-electron chi connectivity index (χ1n) is 21.5. The van der Waals surface area contributed by atoms with Gasteiger partial charge in [-0.1, -0.05) is 64.2 Å². The Kier molecular flexibility index (Phi) is 34.1. The van der Waals surface area contributed by atoms with E-state index in [-0.39, 0.29) is 127 Å². The number of carboxylic acids is 2. The highest BCUT2D eigenvalue weighted by Gasteiger charge is 2.31. The highest BCUT2D eigenvalue weighted by molar-refractivity contribution is 5.84. The van der Waals surface area contributed by atoms with Gasteiger partial charge in [-0.05, 0) is 38.5 Å². The van der Waals surface area contributed by atoms with E-state index in [0.717, 1.165) is 77.2 Å². The molecule has 1 fully saturated rings. The first kappa shape index (κ1) is 53.6. The van der Waals surface area contributed by atoms with Gasteiger partial charge in [0.2, 0.25) is 23.6 Å². The van der Waals surface area contributed by atoms with Crippen LogP contribution >= 0.6 is 0 Å². The average molecular weight is 847 g/mol. The van der Waals surface area contributed by atoms with Crippen molar-refractivity contribution >= 4 is 35.6 Å². The molecule has 3 unspecified atom stereocenters. The second-order valence-corrected chi connectivity index (χ2v) is 14.7. The lowest BCUT2D eigenvalue weighted by atomic mass is 10.0. The summed E-state index contributed by atoms with van der Waals surface area (Å²) in [6.45, 7) is 2.99. The van der Waals surface area contributed by atoms with E-state index in [1.54, 1.807) is 0 Å². The van der Waals surface area contributed by atoms with Crippen molar-refractivity contribution in [3.8, 4) is 0 Å². The highest BCUT2D eigenvalue weighted by Crippen LogP contribution is 2.18. The van der Waals surface area contributed by atoms with Crippen molar-refractivity contribution in [2.45, 2.75) is 140 Å². The predicted octanol–water partition coefficient (Wildman–Crippen LogP) is 1.70. The average Bonchev–Trinajstić information content (AvgIpc) is 4.05. The van der Waals surface area contributed by atoms with Crippen LogP contribution in [0.15, 0.2) is 0 Å². The Morgan fingerprint density at radius 1 is 0.542 bits per heavy atom. The number of carboxylic acid groups (broad SMARTS) is 2. The summed E-state index contributed by atoms with van der Waals surface area (Å²) in [6, 6.07) is -0.987. The Balaban J connectivity index is 1.88. The maximum atomic E-state index is 12.3. The van der Waals surface area contributed by atoms with Crippen LogP contribution in [0.25, 0.3) is 0 Å². The molecule has 19 heteroatoms. The molecular weight excluding hydrogens is 772 g/mol. The van der Waals surface area contributed by atoms with Crippen LogP contribution in [0.5, 0.6) is 0 Å². The topological polar surface area (TPSA) is 278 Å². The number of aliphatic carboxylic acids is 2. The van der Waals surface area contributed by atoms with Gasteiger partial charge in [0.25, 0.3) is 0 Å². The van der Waals surface area contributed by atoms with Crippen LogP contribution in [-0.4, -0.2) is 143 Å². The minimum absolute atomic E-state index is 0.0274. The van der Waals surface area contributed by atoms with E-state index >= 15 is 0 Å². The van der Waals surface area contributed by atoms with Crippen LogP contribution in [0, 0.1) is 0 Å². The zero-order valence-corrected chi connectivity index (χ0v) is 35.1. The number of epoxide rings is 1. The molecule has 0 aliphatic carbocycles. The lowest BCUT2D eigenvalue weighted by Crippen LogP contribution is -2.41. The minimum Gasteiger partial charge on any atom is -0.481 e. The van der Waals surface area contributed by atoms with Gasteiger partial charge in [0.1, 0.15) is 19.3 Å². The zero-order valence-electron chi connectivity index (χ0n) is 35.1. The molecule has 0 aromatic rings. The standard InChI is InChI=1S/C40H74N6O13/c41-46-32(34-29-59-34)15-13-14-20-42-37(49)30-57-27-26-56-24-22-44-38(50)31-58-28-25-55-23-21-43-35(47)19-18-33(40(53)54)45-36(48)16-11-9-7-5-3-1-2-4-6-8-10-12-17-39(51)52/h32-34,46H,1-31,41H2,(H,42,49)(H,43,47)(H,44,50)(H,45,48)(H,51,52)(H,53,54). The van der Waals surface area contributed by atoms with Gasteiger partial charge in [-0.25, -0.2) is 4.79 Å². The smallest absolute Gasteiger partial charge is 0.326 e. The van der Waals surface area contributed by atoms with Gasteiger partial charge in [0, 0.05) is 44.9 Å². The molecule has 3 atom stereocenters. The van der Waals surface area contributed by atoms with Gasteiger partial charge in [0.05, 0.1) is 52.4 Å². The number of nitrogens with one attached hydrogen (secondary N) is 5. The molecule has 342 valence electrons. The molecule has 0 aromatic carbocycles. The lowest BCUT2D eigenvalue weighted by molar-refractivity contribution is -0.142. The highest BCUT2D eigenvalue weighted by atomic mass is 16.6. The number of hydrogen-bond donors (Lipinski definition) is 8. The molecule has 0 bridgehead atoms. The van der Waals surface area contributed by atoms with Crippen LogP contribution in [0.3, 0.4) is 0 Å². The summed E-state index contributed by atoms with van der Waals surface area (Å²) in [5.74, 6) is 2.40. The van der Waals surface area contributed by atoms with Crippen molar-refractivity contribution in [3.63, 3.8) is 0 Å². The molecule has 0 aromatic heterocycles. The molecule has 1 aliphatic rings. The van der Waals surface area contributed by atoms with Gasteiger partial charge >= 0.3 is 11.9 Å². The summed E-state index contributed by atoms with van der Waals surface area (Å²) in [5, 5.41) is 28.8. The van der Waals surface area contributed by atoms with Crippen molar-refractivity contribution < 1.29 is 62.7 Å². The van der Waals surface area contributed by atoms with Crippen molar-refractivity contribution in [2.24, 2.45) is 5.84 Å². The number of ether oxygens (including phenoxy) is 5. The van der Waals surface area contributed by atoms with Crippen molar-refractivity contribution in [2.75, 3.05) is 79.1 Å². The third kappa shape index (κ3) is 35.0. The van der Waals surface area contributed by atoms with Crippen molar-refractivity contribution in [1.29, 1.82) is 0 Å². The second-order valence-electron chi connectivity index (χ2n) is 14.7. The van der Waals surface area contributed by atoms with Crippen molar-refractivity contribution in [1.82, 2.24) is 26.7 Å². The van der Waals surface area contributed by atoms with E-state index in [2.05, 4.69) is 26.7 Å². The van der Waals surface area contributed by atoms with Gasteiger partial charge in [0.15, 0.2) is 0 Å². The fourth-order valence-electron chi connectivity index (χ4n) is 6.00. The van der Waals surface area contributed by atoms with E-state index in [1.807, 2.05) is 0 Å². The molecule has 0 saturated carbocycles. The Hall–Kier alpha value is -3.46. The fourth-order valence-corrected chi connectivity index (χ4v) is 6.00. The lowest BCUT2D eigenvalue weighted by Gasteiger charge is -2.14. The van der Waals surface area contributed by atoms with E-state index < -0.39 is 18.0 Å². The second kappa shape index (κ2) is 37.5. The molecular formula is C40H74N6O13. The van der Waals surface area contributed by atoms with E-state index in [0.29, 0.717) is 13.0 Å². The molecule has 9 N–H and O–H groups in total. The predicted molar refractivity (Wildman–Crippen MR) is 218 cm³/mol. The SMILES string of the molecule is NNC(CCCCNC(=O)COCCOCCNC(=O)COCCOCCNC(=O)CCC(NC(=O)CCCCCCCCCCCCCCC(=O)O)C(=O)O)C1CO1. The molecule has 4 amide bonds. The van der Waals surface area contributed by atoms with Gasteiger partial charge in [-0.15, -0.1) is 0 Å². The Morgan fingerprint density at radius 3 is 1.51 bits per heavy atom. The molecule has 1 heterocycles. The molecule has 1 rings (SSSR count). The fraction of sp³-hybridized carbons (Fsp3) is 0.850. The van der Waals surface area contributed by atoms with Gasteiger partial charge in [-0.3, -0.25) is 35.2 Å². The molecule has 0 spiro atoms. The van der Waals surface area contributed by atoms with E-state index in [9.17, 15) is 33.9 Å². The van der Waals surface area contributed by atoms with Crippen LogP contribution in [0.1, 0.15) is 122 Å². The van der Waals surface area contributed by atoms with Crippen molar-refractivity contribution in [3.05, 3.63) is 0 Å². The first-order chi connectivity index (χ1) is 28.6. The number of unbranched alkanes of at least 4 members (excludes halogenated alkanes) is 12. The number of hydrazine groups is 1. The van der Waals surface area contributed by atoms with Gasteiger partial charge < -0.3 is 55.2 Å². The Morgan fingerprint density at radius 2 is 1.02 bits per heavy atom. The monoisotopic (exact) mass is 847 g/mol. The summed E-state index contributed by atoms with van der Waals surface area (Å²) in [7, 11) is 0. The maximum Gasteiger partial charge on any atom is 0.326 e. The summed E-state index contributed by atoms with van der Waals surface area (Å²) in [5.41, 5.74) is 2.76. The van der Waals surface area contributed by atoms with Crippen LogP contribution in [0.4, 0.5) is 0 Å². The summed E-state index contributed by atoms with van der Waals surface area (Å²) >= 11 is 0. The maximum absolute atomic E-state index is 12.3. The molecule has 0 radical (unpaired) electrons. The minimum atomic E-state index is -1.19. The molecule has 59 heavy (non-hydrogen) atoms. The quantitative estimate of drug-likeness (QED) is 0.0188. The van der Waals surface area contributed by atoms with E-state index in [1.165, 1.54) is 19.3 Å². The Bertz CT molecular complexity index is 1150. The van der Waals surface area contributed by atoms with Crippen LogP contribution < -0.4 is 32.5 Å². The summed E-state index contributed by atoms with van der Waals surface area (Å²) < 4.78 is 26.6. The molecule has 1 aliphatic heterocycles. The Labute approximate surface area is 349 Å². The first-order valence-corrected chi connectivity index (χ1v) is 21.5. The third-order valence-corrected chi connectivity index (χ3v) is 9.47.